The van der Waals surface area contributed by atoms with Crippen LogP contribution >= 0.6 is 0 Å². The Morgan fingerprint density at radius 3 is 1.32 bits per heavy atom. The summed E-state index contributed by atoms with van der Waals surface area (Å²) in [6, 6.07) is 11.9. The summed E-state index contributed by atoms with van der Waals surface area (Å²) >= 11 is 0. The maximum absolute atomic E-state index is 13.5. The van der Waals surface area contributed by atoms with Crippen LogP contribution in [0.5, 0.6) is 0 Å². The number of aromatic nitrogens is 8. The Morgan fingerprint density at radius 1 is 0.524 bits per heavy atom. The molecule has 0 saturated heterocycles. The van der Waals surface area contributed by atoms with Gasteiger partial charge in [0.1, 0.15) is 22.8 Å². The monoisotopic (exact) mass is 1130 g/mol. The minimum absolute atomic E-state index is 0.0525. The quantitative estimate of drug-likeness (QED) is 0.0910. The fourth-order valence-electron chi connectivity index (χ4n) is 12.6. The van der Waals surface area contributed by atoms with Crippen molar-refractivity contribution in [2.75, 3.05) is 0 Å². The molecule has 8 aromatic rings. The minimum atomic E-state index is -0.932. The van der Waals surface area contributed by atoms with E-state index in [1.165, 1.54) is 21.3 Å². The van der Waals surface area contributed by atoms with Crippen LogP contribution in [0.2, 0.25) is 0 Å². The molecule has 28 nitrogen and oxygen atoms in total. The summed E-state index contributed by atoms with van der Waals surface area (Å²) < 4.78 is 24.2. The number of amides is 4. The molecule has 6 aliphatic carbocycles. The zero-order chi connectivity index (χ0) is 58.2. The standard InChI is InChI=1S/2C27H28N6O8/c1-14(26-5-8-27(9-6-26,10-7-26)22(36)37)29-20(34)16-12-18(33-23(30-16)31-41-25(33)39)21(35)28-13-15-3-4-19-17(11-15)32(2)24(38)40-19;1-14(26-5-8-27(9-6-26,10-7-26)22(36)37)29-21(35)18-12-16(30-23-31-41-25(39)33(18)23)20(34)28-13-15-3-4-19-17(11-15)32(2)24(38)40-19/h3-4,11-12,14H,5-10,13H2,1-2H3,(H,28,35)(H,29,34)(H,36,37);3-4,11-12,14H,5-10,13H2,1-2H3,(H,28,34)(H,29,35)(H,36,37). The third-order valence-corrected chi connectivity index (χ3v) is 18.2. The van der Waals surface area contributed by atoms with Gasteiger partial charge in [-0.2, -0.15) is 0 Å². The van der Waals surface area contributed by atoms with Gasteiger partial charge in [-0.15, -0.1) is 0 Å². The van der Waals surface area contributed by atoms with Gasteiger partial charge in [0, 0.05) is 39.3 Å². The molecule has 428 valence electrons. The highest BCUT2D eigenvalue weighted by Crippen LogP contribution is 2.59. The normalized spacial score (nSPS) is 22.6. The average Bonchev–Trinajstić information content (AvgIpc) is 4.24. The SMILES string of the molecule is CC(NC(=O)c1cc(C(=O)NCc2ccc3oc(=O)n(C)c3c2)n2c(=O)onc2n1)C12CCC(C(=O)O)(CC1)CC2.CC(NC(=O)c1cc(C(=O)NCc2ccc3oc(=O)n(C)c3c2)nc2noc(=O)n12)C12CCC(C(=O)O)(CC1)CC2. The molecule has 0 spiro atoms. The van der Waals surface area contributed by atoms with Crippen molar-refractivity contribution in [3.8, 4) is 0 Å². The number of aliphatic carboxylic acids is 2. The summed E-state index contributed by atoms with van der Waals surface area (Å²) in [6.07, 6.45) is 7.48. The zero-order valence-electron chi connectivity index (χ0n) is 44.9. The van der Waals surface area contributed by atoms with E-state index in [4.69, 9.17) is 17.9 Å². The molecule has 2 atom stereocenters. The predicted molar refractivity (Wildman–Crippen MR) is 283 cm³/mol. The molecule has 0 radical (unpaired) electrons. The van der Waals surface area contributed by atoms with Gasteiger partial charge in [-0.25, -0.2) is 37.9 Å². The molecule has 14 rings (SSSR count). The Labute approximate surface area is 460 Å². The summed E-state index contributed by atoms with van der Waals surface area (Å²) in [7, 11) is 3.15. The maximum atomic E-state index is 13.5. The number of rotatable bonds is 14. The fraction of sp³-hybridized carbons (Fsp3) is 0.444. The summed E-state index contributed by atoms with van der Waals surface area (Å²) in [5, 5.41) is 38.0. The number of carboxylic acids is 2. The second-order valence-corrected chi connectivity index (χ2v) is 22.3. The molecule has 2 unspecified atom stereocenters. The third kappa shape index (κ3) is 9.38. The van der Waals surface area contributed by atoms with Crippen molar-refractivity contribution in [3.05, 3.63) is 125 Å². The Hall–Kier alpha value is -9.50. The van der Waals surface area contributed by atoms with E-state index in [0.29, 0.717) is 110 Å². The lowest BCUT2D eigenvalue weighted by atomic mass is 9.52. The van der Waals surface area contributed by atoms with Crippen molar-refractivity contribution >= 4 is 69.3 Å². The molecule has 6 heterocycles. The van der Waals surface area contributed by atoms with E-state index in [-0.39, 0.29) is 70.3 Å². The number of aryl methyl sites for hydroxylation is 2. The van der Waals surface area contributed by atoms with Gasteiger partial charge < -0.3 is 40.3 Å². The van der Waals surface area contributed by atoms with Gasteiger partial charge in [0.05, 0.1) is 21.9 Å². The summed E-state index contributed by atoms with van der Waals surface area (Å²) in [5.74, 6) is -7.29. The molecule has 0 aliphatic heterocycles. The molecule has 4 bridgehead atoms. The number of benzene rings is 2. The highest BCUT2D eigenvalue weighted by molar-refractivity contribution is 5.99. The molecule has 82 heavy (non-hydrogen) atoms. The molecule has 6 fully saturated rings. The van der Waals surface area contributed by atoms with Crippen LogP contribution in [0.3, 0.4) is 0 Å². The second kappa shape index (κ2) is 20.2. The lowest BCUT2D eigenvalue weighted by Crippen LogP contribution is -2.54. The van der Waals surface area contributed by atoms with Gasteiger partial charge in [-0.3, -0.25) is 46.9 Å². The Balaban J connectivity index is 0.000000172. The topological polar surface area (TPSA) is 382 Å². The number of nitrogens with zero attached hydrogens (tertiary/aromatic N) is 8. The lowest BCUT2D eigenvalue weighted by Gasteiger charge is -2.54. The number of nitrogens with one attached hydrogen (secondary N) is 4. The van der Waals surface area contributed by atoms with Crippen LogP contribution in [-0.4, -0.2) is 96.1 Å². The van der Waals surface area contributed by atoms with E-state index in [2.05, 4.69) is 41.5 Å². The van der Waals surface area contributed by atoms with E-state index in [9.17, 15) is 58.2 Å². The molecule has 6 saturated carbocycles. The van der Waals surface area contributed by atoms with Gasteiger partial charge in [-0.05, 0) is 160 Å². The third-order valence-electron chi connectivity index (χ3n) is 18.2. The van der Waals surface area contributed by atoms with Crippen molar-refractivity contribution in [1.82, 2.24) is 59.5 Å². The van der Waals surface area contributed by atoms with Crippen molar-refractivity contribution in [2.24, 2.45) is 35.8 Å². The number of hydrogen-bond acceptors (Lipinski definition) is 18. The molecule has 6 N–H and O–H groups in total. The highest BCUT2D eigenvalue weighted by atomic mass is 16.5. The fourth-order valence-corrected chi connectivity index (χ4v) is 12.6. The van der Waals surface area contributed by atoms with Crippen LogP contribution in [0.4, 0.5) is 0 Å². The molecular formula is C54H56N12O16. The molecular weight excluding hydrogens is 1070 g/mol. The number of carbonyl (C=O) groups excluding carboxylic acids is 4. The van der Waals surface area contributed by atoms with Crippen molar-refractivity contribution in [1.29, 1.82) is 0 Å². The van der Waals surface area contributed by atoms with Crippen LogP contribution in [0.15, 0.2) is 85.6 Å². The van der Waals surface area contributed by atoms with Gasteiger partial charge in [0.15, 0.2) is 11.2 Å². The Kier molecular flexibility index (Phi) is 13.4. The Bertz CT molecular complexity index is 4180. The first-order chi connectivity index (χ1) is 39.0. The number of oxazole rings is 2. The van der Waals surface area contributed by atoms with E-state index < -0.39 is 69.4 Å². The summed E-state index contributed by atoms with van der Waals surface area (Å²) in [5.41, 5.74) is 0.897. The van der Waals surface area contributed by atoms with Gasteiger partial charge in [-0.1, -0.05) is 12.1 Å². The number of fused-ring (bicyclic) bond motifs is 10. The van der Waals surface area contributed by atoms with E-state index >= 15 is 0 Å². The van der Waals surface area contributed by atoms with Crippen molar-refractivity contribution in [3.63, 3.8) is 0 Å². The first kappa shape index (κ1) is 54.5. The largest absolute Gasteiger partial charge is 0.481 e. The zero-order valence-corrected chi connectivity index (χ0v) is 44.9. The van der Waals surface area contributed by atoms with Crippen LogP contribution in [0, 0.1) is 21.7 Å². The van der Waals surface area contributed by atoms with Crippen LogP contribution in [0.1, 0.15) is 144 Å². The van der Waals surface area contributed by atoms with Crippen molar-refractivity contribution < 1.29 is 56.9 Å². The smallest absolute Gasteiger partial charge is 0.448 e. The molecule has 28 heteroatoms. The van der Waals surface area contributed by atoms with Crippen LogP contribution in [0.25, 0.3) is 33.8 Å². The summed E-state index contributed by atoms with van der Waals surface area (Å²) in [6.45, 7) is 3.92. The first-order valence-electron chi connectivity index (χ1n) is 26.6. The van der Waals surface area contributed by atoms with E-state index in [0.717, 1.165) is 8.80 Å². The second-order valence-electron chi connectivity index (χ2n) is 22.3. The summed E-state index contributed by atoms with van der Waals surface area (Å²) in [4.78, 5) is 133. The van der Waals surface area contributed by atoms with Crippen molar-refractivity contribution in [2.45, 2.75) is 116 Å². The molecule has 2 aromatic carbocycles. The van der Waals surface area contributed by atoms with Gasteiger partial charge >= 0.3 is 35.0 Å². The van der Waals surface area contributed by atoms with E-state index in [1.54, 1.807) is 50.5 Å². The Morgan fingerprint density at radius 2 is 0.902 bits per heavy atom. The van der Waals surface area contributed by atoms with Gasteiger partial charge in [0.2, 0.25) is 0 Å². The number of carboxylic acid groups (broad SMARTS) is 2. The molecule has 6 aliphatic rings. The predicted octanol–water partition coefficient (Wildman–Crippen LogP) is 3.20. The minimum Gasteiger partial charge on any atom is -0.481 e. The average molecular weight is 1130 g/mol. The van der Waals surface area contributed by atoms with Crippen LogP contribution in [-0.2, 0) is 36.8 Å². The number of hydrogen-bond donors (Lipinski definition) is 6. The van der Waals surface area contributed by atoms with Crippen LogP contribution < -0.4 is 44.3 Å². The van der Waals surface area contributed by atoms with E-state index in [1.807, 2.05) is 13.8 Å². The maximum Gasteiger partial charge on any atom is 0.448 e. The highest BCUT2D eigenvalue weighted by Gasteiger charge is 2.56. The molecule has 4 amide bonds. The number of carbonyl (C=O) groups is 6. The lowest BCUT2D eigenvalue weighted by molar-refractivity contribution is -0.160. The molecule has 6 aromatic heterocycles. The first-order valence-corrected chi connectivity index (χ1v) is 26.6. The van der Waals surface area contributed by atoms with Gasteiger partial charge in [0.25, 0.3) is 35.2 Å².